The maximum absolute atomic E-state index is 13.0. The van der Waals surface area contributed by atoms with Crippen LogP contribution >= 0.6 is 0 Å². The number of phenolic OH excluding ortho intramolecular Hbond substituents is 1. The van der Waals surface area contributed by atoms with Crippen LogP contribution in [-0.4, -0.2) is 35.4 Å². The number of cyclic esters (lactones) is 1. The maximum Gasteiger partial charge on any atom is 0.317 e. The molecule has 1 aliphatic heterocycles. The van der Waals surface area contributed by atoms with E-state index in [2.05, 4.69) is 0 Å². The van der Waals surface area contributed by atoms with Crippen LogP contribution < -0.4 is 4.74 Å². The summed E-state index contributed by atoms with van der Waals surface area (Å²) in [7, 11) is 1.46. The third kappa shape index (κ3) is 5.29. The summed E-state index contributed by atoms with van der Waals surface area (Å²) in [6.45, 7) is 9.52. The van der Waals surface area contributed by atoms with Gasteiger partial charge in [0, 0.05) is 18.4 Å². The van der Waals surface area contributed by atoms with Crippen molar-refractivity contribution >= 4 is 17.5 Å². The Morgan fingerprint density at radius 2 is 2.00 bits per heavy atom. The molecule has 0 radical (unpaired) electrons. The van der Waals surface area contributed by atoms with E-state index in [0.717, 1.165) is 5.57 Å². The zero-order valence-corrected chi connectivity index (χ0v) is 18.7. The lowest BCUT2D eigenvalue weighted by Gasteiger charge is -2.28. The van der Waals surface area contributed by atoms with Gasteiger partial charge in [0.05, 0.1) is 12.7 Å². The van der Waals surface area contributed by atoms with Crippen LogP contribution in [0.5, 0.6) is 11.5 Å². The lowest BCUT2D eigenvalue weighted by Crippen LogP contribution is -2.33. The van der Waals surface area contributed by atoms with Crippen LogP contribution in [0.25, 0.3) is 0 Å². The number of esters is 1. The molecule has 1 fully saturated rings. The highest BCUT2D eigenvalue weighted by atomic mass is 16.6. The zero-order chi connectivity index (χ0) is 22.6. The number of methoxy groups -OCH3 is 1. The van der Waals surface area contributed by atoms with Crippen molar-refractivity contribution in [3.63, 3.8) is 0 Å². The summed E-state index contributed by atoms with van der Waals surface area (Å²) in [6.07, 6.45) is 3.26. The fourth-order valence-electron chi connectivity index (χ4n) is 3.82. The Hall–Kier alpha value is -2.63. The number of phenols is 1. The number of hydrogen-bond acceptors (Lipinski definition) is 6. The van der Waals surface area contributed by atoms with Gasteiger partial charge in [0.15, 0.2) is 11.6 Å². The molecule has 1 saturated heterocycles. The Labute approximate surface area is 178 Å². The summed E-state index contributed by atoms with van der Waals surface area (Å²) < 4.78 is 10.7. The number of rotatable bonds is 9. The van der Waals surface area contributed by atoms with Gasteiger partial charge in [-0.25, -0.2) is 0 Å². The van der Waals surface area contributed by atoms with Gasteiger partial charge >= 0.3 is 5.97 Å². The Kier molecular flexibility index (Phi) is 7.45. The van der Waals surface area contributed by atoms with Crippen LogP contribution in [-0.2, 0) is 14.3 Å². The minimum Gasteiger partial charge on any atom is -0.507 e. The first-order valence-corrected chi connectivity index (χ1v) is 10.3. The number of aromatic hydroxyl groups is 1. The molecule has 6 heteroatoms. The molecule has 0 spiro atoms. The first-order chi connectivity index (χ1) is 14.0. The van der Waals surface area contributed by atoms with Crippen molar-refractivity contribution in [2.45, 2.75) is 59.5 Å². The maximum atomic E-state index is 13.0. The molecule has 1 aromatic carbocycles. The highest BCUT2D eigenvalue weighted by Crippen LogP contribution is 2.43. The minimum atomic E-state index is -0.985. The van der Waals surface area contributed by atoms with Crippen LogP contribution in [0.1, 0.15) is 64.2 Å². The molecule has 0 saturated carbocycles. The summed E-state index contributed by atoms with van der Waals surface area (Å²) in [4.78, 5) is 37.6. The number of ether oxygens (including phenoxy) is 2. The number of Topliss-reactive ketones (excluding diaryl/α,β-unsaturated/α-hetero) is 1. The predicted octanol–water partition coefficient (Wildman–Crippen LogP) is 4.49. The third-order valence-electron chi connectivity index (χ3n) is 5.84. The first-order valence-electron chi connectivity index (χ1n) is 10.3. The second-order valence-corrected chi connectivity index (χ2v) is 8.80. The van der Waals surface area contributed by atoms with Gasteiger partial charge in [0.2, 0.25) is 0 Å². The van der Waals surface area contributed by atoms with Gasteiger partial charge in [0.25, 0.3) is 0 Å². The molecule has 6 nitrogen and oxygen atoms in total. The molecule has 1 aromatic rings. The van der Waals surface area contributed by atoms with Gasteiger partial charge in [-0.1, -0.05) is 26.3 Å². The highest BCUT2D eigenvalue weighted by Gasteiger charge is 2.53. The molecule has 0 aliphatic carbocycles. The van der Waals surface area contributed by atoms with Crippen LogP contribution in [0.4, 0.5) is 0 Å². The number of ketones is 2. The lowest BCUT2D eigenvalue weighted by molar-refractivity contribution is -0.149. The van der Waals surface area contributed by atoms with Gasteiger partial charge in [0.1, 0.15) is 23.0 Å². The number of carbonyl (C=O) groups is 3. The molecular weight excluding hydrogens is 384 g/mol. The van der Waals surface area contributed by atoms with Gasteiger partial charge in [-0.2, -0.15) is 0 Å². The van der Waals surface area contributed by atoms with Gasteiger partial charge < -0.3 is 14.6 Å². The van der Waals surface area contributed by atoms with Crippen molar-refractivity contribution in [2.75, 3.05) is 7.11 Å². The number of carbonyl (C=O) groups excluding carboxylic acids is 3. The van der Waals surface area contributed by atoms with Crippen LogP contribution in [0.3, 0.4) is 0 Å². The van der Waals surface area contributed by atoms with Crippen molar-refractivity contribution in [3.05, 3.63) is 35.4 Å². The zero-order valence-electron chi connectivity index (χ0n) is 18.7. The SMILES string of the molecule is COc1ccc(C(=O)[C@H]2C(=O)O[C@](C)(CC/C(C)=C\C(=O)CC(C)C)[C@@H]2C)c(O)c1. The van der Waals surface area contributed by atoms with E-state index in [1.54, 1.807) is 12.1 Å². The Morgan fingerprint density at radius 1 is 1.33 bits per heavy atom. The Morgan fingerprint density at radius 3 is 2.57 bits per heavy atom. The molecule has 0 aromatic heterocycles. The molecule has 0 unspecified atom stereocenters. The molecule has 164 valence electrons. The summed E-state index contributed by atoms with van der Waals surface area (Å²) in [6, 6.07) is 4.37. The van der Waals surface area contributed by atoms with E-state index < -0.39 is 23.3 Å². The van der Waals surface area contributed by atoms with Gasteiger partial charge in [-0.05, 0) is 50.8 Å². The normalized spacial score (nSPS) is 24.1. The average Bonchev–Trinajstić information content (AvgIpc) is 2.87. The van der Waals surface area contributed by atoms with E-state index in [1.165, 1.54) is 19.2 Å². The molecule has 30 heavy (non-hydrogen) atoms. The van der Waals surface area contributed by atoms with Crippen molar-refractivity contribution < 1.29 is 29.0 Å². The molecule has 2 rings (SSSR count). The second kappa shape index (κ2) is 9.45. The topological polar surface area (TPSA) is 89.9 Å². The summed E-state index contributed by atoms with van der Waals surface area (Å²) in [5.74, 6) is -1.82. The largest absolute Gasteiger partial charge is 0.507 e. The summed E-state index contributed by atoms with van der Waals surface area (Å²) in [5.41, 5.74) is 0.173. The standard InChI is InChI=1S/C24H32O6/c1-14(2)11-17(25)12-15(3)9-10-24(5)16(4)21(23(28)30-24)22(27)19-8-7-18(29-6)13-20(19)26/h7-8,12-14,16,21,26H,9-11H2,1-6H3/b15-12-/t16-,21+,24-/m1/s1. The lowest BCUT2D eigenvalue weighted by atomic mass is 9.77. The summed E-state index contributed by atoms with van der Waals surface area (Å²) in [5, 5.41) is 10.2. The Bertz CT molecular complexity index is 853. The minimum absolute atomic E-state index is 0.0733. The monoisotopic (exact) mass is 416 g/mol. The Balaban J connectivity index is 2.12. The average molecular weight is 417 g/mol. The van der Waals surface area contributed by atoms with Crippen molar-refractivity contribution in [1.82, 2.24) is 0 Å². The molecule has 3 atom stereocenters. The quantitative estimate of drug-likeness (QED) is 0.276. The van der Waals surface area contributed by atoms with Gasteiger partial charge in [-0.15, -0.1) is 0 Å². The van der Waals surface area contributed by atoms with E-state index in [9.17, 15) is 19.5 Å². The van der Waals surface area contributed by atoms with Crippen LogP contribution in [0.15, 0.2) is 29.8 Å². The number of hydrogen-bond donors (Lipinski definition) is 1. The van der Waals surface area contributed by atoms with E-state index in [1.807, 2.05) is 34.6 Å². The fourth-order valence-corrected chi connectivity index (χ4v) is 3.82. The highest BCUT2D eigenvalue weighted by molar-refractivity contribution is 6.11. The van der Waals surface area contributed by atoms with E-state index in [0.29, 0.717) is 30.9 Å². The molecule has 0 bridgehead atoms. The smallest absolute Gasteiger partial charge is 0.317 e. The number of allylic oxidation sites excluding steroid dienone is 2. The number of benzene rings is 1. The van der Waals surface area contributed by atoms with Crippen molar-refractivity contribution in [1.29, 1.82) is 0 Å². The van der Waals surface area contributed by atoms with Crippen LogP contribution in [0.2, 0.25) is 0 Å². The predicted molar refractivity (Wildman–Crippen MR) is 114 cm³/mol. The molecular formula is C24H32O6. The molecule has 1 aliphatic rings. The van der Waals surface area contributed by atoms with E-state index >= 15 is 0 Å². The van der Waals surface area contributed by atoms with Crippen molar-refractivity contribution in [3.8, 4) is 11.5 Å². The fraction of sp³-hybridized carbons (Fsp3) is 0.542. The summed E-state index contributed by atoms with van der Waals surface area (Å²) >= 11 is 0. The van der Waals surface area contributed by atoms with E-state index in [4.69, 9.17) is 9.47 Å². The molecule has 1 N–H and O–H groups in total. The van der Waals surface area contributed by atoms with Crippen molar-refractivity contribution in [2.24, 2.45) is 17.8 Å². The third-order valence-corrected chi connectivity index (χ3v) is 5.84. The first kappa shape index (κ1) is 23.6. The van der Waals surface area contributed by atoms with Crippen LogP contribution in [0, 0.1) is 17.8 Å². The second-order valence-electron chi connectivity index (χ2n) is 8.80. The van der Waals surface area contributed by atoms with Gasteiger partial charge in [-0.3, -0.25) is 14.4 Å². The van der Waals surface area contributed by atoms with E-state index in [-0.39, 0.29) is 23.0 Å². The molecule has 0 amide bonds. The molecule has 1 heterocycles.